The fraction of sp³-hybridized carbons (Fsp3) is 0.320. The summed E-state index contributed by atoms with van der Waals surface area (Å²) < 4.78 is 0. The second-order valence-electron chi connectivity index (χ2n) is 8.66. The number of nitrogens with zero attached hydrogens (tertiary/aromatic N) is 1. The molecule has 0 spiro atoms. The molecule has 1 aliphatic heterocycles. The van der Waals surface area contributed by atoms with E-state index >= 15 is 0 Å². The zero-order valence-corrected chi connectivity index (χ0v) is 20.2. The molecule has 5 rings (SSSR count). The number of carbonyl (C=O) groups is 3. The van der Waals surface area contributed by atoms with Crippen LogP contribution in [0.3, 0.4) is 0 Å². The first-order valence-electron chi connectivity index (χ1n) is 10.8. The molecule has 8 heteroatoms. The topological polar surface area (TPSA) is 74.7 Å². The second kappa shape index (κ2) is 8.70. The number of hydrogen-bond acceptors (Lipinski definition) is 5. The first kappa shape index (κ1) is 22.3. The zero-order chi connectivity index (χ0) is 23.3. The molecule has 2 fully saturated rings. The largest absolute Gasteiger partial charge is 0.480 e. The van der Waals surface area contributed by atoms with E-state index in [1.165, 1.54) is 27.6 Å². The third-order valence-electron chi connectivity index (χ3n) is 6.55. The molecule has 0 radical (unpaired) electrons. The van der Waals surface area contributed by atoms with Crippen LogP contribution in [0.15, 0.2) is 53.2 Å². The minimum Gasteiger partial charge on any atom is -0.480 e. The number of benzene rings is 1. The standard InChI is InChI=1S/C25H22ClNO4S2/c1-13-9-11-33-23(13)20-19(22(28)15-4-2-5-16(26)12-15)18(17-6-3-10-32-17)21(25(30)31)27(20)24(29)14-7-8-14/h2-6,9-12,14,18-21H,7-8H2,1H3,(H,30,31). The molecule has 1 saturated carbocycles. The highest BCUT2D eigenvalue weighted by Crippen LogP contribution is 2.55. The van der Waals surface area contributed by atoms with Gasteiger partial charge in [-0.15, -0.1) is 22.7 Å². The van der Waals surface area contributed by atoms with Crippen LogP contribution in [0.5, 0.6) is 0 Å². The van der Waals surface area contributed by atoms with Crippen molar-refractivity contribution < 1.29 is 19.5 Å². The van der Waals surface area contributed by atoms with Gasteiger partial charge in [-0.2, -0.15) is 0 Å². The van der Waals surface area contributed by atoms with Crippen molar-refractivity contribution in [1.29, 1.82) is 0 Å². The van der Waals surface area contributed by atoms with Crippen molar-refractivity contribution in [2.75, 3.05) is 0 Å². The molecule has 3 heterocycles. The fourth-order valence-corrected chi connectivity index (χ4v) is 7.10. The molecule has 1 N–H and O–H groups in total. The Morgan fingerprint density at radius 3 is 2.42 bits per heavy atom. The molecular weight excluding hydrogens is 478 g/mol. The molecule has 1 saturated heterocycles. The predicted molar refractivity (Wildman–Crippen MR) is 129 cm³/mol. The van der Waals surface area contributed by atoms with Crippen LogP contribution in [0.4, 0.5) is 0 Å². The number of aryl methyl sites for hydroxylation is 1. The smallest absolute Gasteiger partial charge is 0.327 e. The van der Waals surface area contributed by atoms with Gasteiger partial charge in [-0.25, -0.2) is 4.79 Å². The summed E-state index contributed by atoms with van der Waals surface area (Å²) in [6.45, 7) is 1.95. The van der Waals surface area contributed by atoms with Gasteiger partial charge in [0.15, 0.2) is 5.78 Å². The maximum absolute atomic E-state index is 14.1. The number of carbonyl (C=O) groups excluding carboxylic acids is 2. The van der Waals surface area contributed by atoms with E-state index < -0.39 is 29.9 Å². The number of amides is 1. The Morgan fingerprint density at radius 1 is 1.06 bits per heavy atom. The summed E-state index contributed by atoms with van der Waals surface area (Å²) in [4.78, 5) is 43.5. The van der Waals surface area contributed by atoms with Crippen molar-refractivity contribution in [2.45, 2.75) is 37.8 Å². The zero-order valence-electron chi connectivity index (χ0n) is 17.8. The Bertz CT molecular complexity index is 1220. The van der Waals surface area contributed by atoms with Gasteiger partial charge in [0.2, 0.25) is 5.91 Å². The highest BCUT2D eigenvalue weighted by molar-refractivity contribution is 7.10. The number of halogens is 1. The van der Waals surface area contributed by atoms with Gasteiger partial charge in [-0.3, -0.25) is 9.59 Å². The number of likely N-dealkylation sites (tertiary alicyclic amines) is 1. The predicted octanol–water partition coefficient (Wildman–Crippen LogP) is 5.80. The lowest BCUT2D eigenvalue weighted by Gasteiger charge is -2.30. The van der Waals surface area contributed by atoms with Gasteiger partial charge in [0.05, 0.1) is 12.0 Å². The molecule has 33 heavy (non-hydrogen) atoms. The average molecular weight is 500 g/mol. The summed E-state index contributed by atoms with van der Waals surface area (Å²) in [5.74, 6) is -2.98. The molecule has 5 nitrogen and oxygen atoms in total. The molecular formula is C25H22ClNO4S2. The third kappa shape index (κ3) is 3.92. The van der Waals surface area contributed by atoms with Gasteiger partial charge in [-0.05, 0) is 60.4 Å². The SMILES string of the molecule is Cc1ccsc1C1C(C(=O)c2cccc(Cl)c2)C(c2cccs2)C(C(=O)O)N1C(=O)C1CC1. The number of rotatable bonds is 6. The van der Waals surface area contributed by atoms with Crippen LogP contribution in [0.25, 0.3) is 0 Å². The van der Waals surface area contributed by atoms with Crippen molar-refractivity contribution in [3.05, 3.63) is 79.1 Å². The average Bonchev–Trinajstić information content (AvgIpc) is 3.17. The van der Waals surface area contributed by atoms with Crippen LogP contribution in [0, 0.1) is 18.8 Å². The van der Waals surface area contributed by atoms with Gasteiger partial charge in [0.25, 0.3) is 0 Å². The van der Waals surface area contributed by atoms with E-state index in [2.05, 4.69) is 0 Å². The molecule has 2 aliphatic rings. The summed E-state index contributed by atoms with van der Waals surface area (Å²) in [7, 11) is 0. The quantitative estimate of drug-likeness (QED) is 0.435. The number of thiophene rings is 2. The van der Waals surface area contributed by atoms with E-state index in [9.17, 15) is 19.5 Å². The maximum Gasteiger partial charge on any atom is 0.327 e. The van der Waals surface area contributed by atoms with Gasteiger partial charge in [-0.1, -0.05) is 29.8 Å². The summed E-state index contributed by atoms with van der Waals surface area (Å²) in [6.07, 6.45) is 1.52. The number of aliphatic carboxylic acids is 1. The lowest BCUT2D eigenvalue weighted by molar-refractivity contribution is -0.150. The van der Waals surface area contributed by atoms with E-state index in [0.29, 0.717) is 10.6 Å². The van der Waals surface area contributed by atoms with Crippen LogP contribution >= 0.6 is 34.3 Å². The molecule has 1 amide bonds. The van der Waals surface area contributed by atoms with Crippen molar-refractivity contribution in [2.24, 2.45) is 11.8 Å². The molecule has 3 aromatic rings. The van der Waals surface area contributed by atoms with E-state index in [4.69, 9.17) is 11.6 Å². The summed E-state index contributed by atoms with van der Waals surface area (Å²) in [6, 6.07) is 10.7. The molecule has 4 atom stereocenters. The Balaban J connectivity index is 1.73. The van der Waals surface area contributed by atoms with Crippen LogP contribution in [0.2, 0.25) is 5.02 Å². The molecule has 0 bridgehead atoms. The Morgan fingerprint density at radius 2 is 1.85 bits per heavy atom. The Kier molecular flexibility index (Phi) is 5.89. The molecule has 170 valence electrons. The van der Waals surface area contributed by atoms with Crippen LogP contribution in [0.1, 0.15) is 50.5 Å². The van der Waals surface area contributed by atoms with Crippen molar-refractivity contribution in [3.63, 3.8) is 0 Å². The highest BCUT2D eigenvalue weighted by Gasteiger charge is 2.59. The van der Waals surface area contributed by atoms with Crippen molar-refractivity contribution in [1.82, 2.24) is 4.90 Å². The lowest BCUT2D eigenvalue weighted by Crippen LogP contribution is -2.44. The third-order valence-corrected chi connectivity index (χ3v) is 8.85. The summed E-state index contributed by atoms with van der Waals surface area (Å²) >= 11 is 9.09. The normalized spacial score (nSPS) is 24.7. The summed E-state index contributed by atoms with van der Waals surface area (Å²) in [5, 5.41) is 14.6. The molecule has 4 unspecified atom stereocenters. The second-order valence-corrected chi connectivity index (χ2v) is 11.0. The molecule has 1 aromatic carbocycles. The van der Waals surface area contributed by atoms with E-state index in [1.54, 1.807) is 24.3 Å². The number of carboxylic acid groups (broad SMARTS) is 1. The molecule has 1 aliphatic carbocycles. The van der Waals surface area contributed by atoms with Crippen LogP contribution in [-0.2, 0) is 9.59 Å². The number of hydrogen-bond donors (Lipinski definition) is 1. The number of carboxylic acids is 1. The monoisotopic (exact) mass is 499 g/mol. The van der Waals surface area contributed by atoms with Gasteiger partial charge in [0, 0.05) is 32.2 Å². The van der Waals surface area contributed by atoms with Crippen LogP contribution < -0.4 is 0 Å². The van der Waals surface area contributed by atoms with Gasteiger partial charge >= 0.3 is 5.97 Å². The lowest BCUT2D eigenvalue weighted by atomic mass is 9.79. The minimum absolute atomic E-state index is 0.164. The van der Waals surface area contributed by atoms with Crippen LogP contribution in [-0.4, -0.2) is 33.7 Å². The Hall–Kier alpha value is -2.48. The van der Waals surface area contributed by atoms with E-state index in [0.717, 1.165) is 28.2 Å². The van der Waals surface area contributed by atoms with Gasteiger partial charge < -0.3 is 10.0 Å². The Labute approximate surface area is 204 Å². The minimum atomic E-state index is -1.11. The first-order chi connectivity index (χ1) is 15.9. The molecule has 2 aromatic heterocycles. The van der Waals surface area contributed by atoms with E-state index in [-0.39, 0.29) is 17.6 Å². The number of ketones is 1. The fourth-order valence-electron chi connectivity index (χ4n) is 4.93. The number of Topliss-reactive ketones (excluding diaryl/α,β-unsaturated/α-hetero) is 1. The first-order valence-corrected chi connectivity index (χ1v) is 12.9. The van der Waals surface area contributed by atoms with Crippen molar-refractivity contribution in [3.8, 4) is 0 Å². The maximum atomic E-state index is 14.1. The van der Waals surface area contributed by atoms with E-state index in [1.807, 2.05) is 35.9 Å². The highest BCUT2D eigenvalue weighted by atomic mass is 35.5. The van der Waals surface area contributed by atoms with Crippen molar-refractivity contribution >= 4 is 51.9 Å². The summed E-state index contributed by atoms with van der Waals surface area (Å²) in [5.41, 5.74) is 1.39. The van der Waals surface area contributed by atoms with Gasteiger partial charge in [0.1, 0.15) is 6.04 Å².